The Hall–Kier alpha value is -3.16. The Morgan fingerprint density at radius 1 is 1.23 bits per heavy atom. The zero-order valence-corrected chi connectivity index (χ0v) is 18.3. The summed E-state index contributed by atoms with van der Waals surface area (Å²) in [5, 5.41) is 0.953. The summed E-state index contributed by atoms with van der Waals surface area (Å²) in [4.78, 5) is 16.7. The van der Waals surface area contributed by atoms with Crippen molar-refractivity contribution in [2.45, 2.75) is 20.3 Å². The molecule has 0 saturated heterocycles. The maximum absolute atomic E-state index is 14.8. The molecule has 158 valence electrons. The Morgan fingerprint density at radius 2 is 1.97 bits per heavy atom. The summed E-state index contributed by atoms with van der Waals surface area (Å²) in [5.41, 5.74) is 5.14. The van der Waals surface area contributed by atoms with E-state index >= 15 is 0 Å². The van der Waals surface area contributed by atoms with Crippen LogP contribution in [0.1, 0.15) is 28.4 Å². The quantitative estimate of drug-likeness (QED) is 0.461. The Balaban J connectivity index is 1.85. The van der Waals surface area contributed by atoms with Crippen molar-refractivity contribution in [2.24, 2.45) is 0 Å². The number of benzene rings is 2. The second kappa shape index (κ2) is 8.53. The van der Waals surface area contributed by atoms with E-state index < -0.39 is 23.1 Å². The van der Waals surface area contributed by atoms with Crippen LogP contribution in [0.15, 0.2) is 60.9 Å². The van der Waals surface area contributed by atoms with Crippen LogP contribution < -0.4 is 4.72 Å². The third-order valence-corrected chi connectivity index (χ3v) is 5.74. The molecule has 0 bridgehead atoms. The molecule has 1 amide bonds. The van der Waals surface area contributed by atoms with Gasteiger partial charge in [-0.2, -0.15) is 4.72 Å². The lowest BCUT2D eigenvalue weighted by molar-refractivity contribution is 0.0977. The van der Waals surface area contributed by atoms with Gasteiger partial charge in [-0.25, -0.2) is 9.37 Å². The number of aryl methyl sites for hydroxylation is 2. The summed E-state index contributed by atoms with van der Waals surface area (Å²) in [7, 11) is 0. The Bertz CT molecular complexity index is 1270. The highest BCUT2D eigenvalue weighted by Gasteiger charge is 2.20. The van der Waals surface area contributed by atoms with Crippen LogP contribution in [0.3, 0.4) is 0 Å². The smallest absolute Gasteiger partial charge is 0.295 e. The van der Waals surface area contributed by atoms with Gasteiger partial charge in [-0.05, 0) is 54.3 Å². The highest BCUT2D eigenvalue weighted by molar-refractivity contribution is 7.89. The van der Waals surface area contributed by atoms with Gasteiger partial charge in [-0.1, -0.05) is 31.2 Å². The van der Waals surface area contributed by atoms with Gasteiger partial charge < -0.3 is 9.12 Å². The standard InChI is InChI=1S/C24H22FN3O2S/c1-4-16-7-9-17(10-8-16)20-14-28(23-18(20)6-5-11-26-23)22-13-21(25)19(12-15(22)2)24(29)27-31(3)30/h5-14H,4H2,1-3H3,(H,27,29). The van der Waals surface area contributed by atoms with Gasteiger partial charge in [0.25, 0.3) is 5.91 Å². The monoisotopic (exact) mass is 435 g/mol. The summed E-state index contributed by atoms with van der Waals surface area (Å²) >= 11 is -1.57. The first kappa shape index (κ1) is 21.1. The summed E-state index contributed by atoms with van der Waals surface area (Å²) in [5.74, 6) is -1.39. The summed E-state index contributed by atoms with van der Waals surface area (Å²) in [6.07, 6.45) is 5.94. The molecule has 31 heavy (non-hydrogen) atoms. The van der Waals surface area contributed by atoms with Crippen molar-refractivity contribution < 1.29 is 13.7 Å². The molecule has 1 N–H and O–H groups in total. The first-order valence-electron chi connectivity index (χ1n) is 9.89. The van der Waals surface area contributed by atoms with Crippen LogP contribution in [0.4, 0.5) is 4.39 Å². The minimum Gasteiger partial charge on any atom is -0.593 e. The van der Waals surface area contributed by atoms with E-state index in [1.165, 1.54) is 24.0 Å². The van der Waals surface area contributed by atoms with Crippen molar-refractivity contribution in [3.05, 3.63) is 83.4 Å². The first-order chi connectivity index (χ1) is 14.9. The predicted molar refractivity (Wildman–Crippen MR) is 122 cm³/mol. The third kappa shape index (κ3) is 4.06. The maximum atomic E-state index is 14.8. The first-order valence-corrected chi connectivity index (χ1v) is 11.4. The number of aromatic nitrogens is 2. The van der Waals surface area contributed by atoms with Crippen LogP contribution in [0, 0.1) is 12.7 Å². The number of rotatable bonds is 5. The molecule has 2 aromatic heterocycles. The van der Waals surface area contributed by atoms with Crippen LogP contribution in [-0.2, 0) is 17.8 Å². The summed E-state index contributed by atoms with van der Waals surface area (Å²) in [6.45, 7) is 3.92. The van der Waals surface area contributed by atoms with Gasteiger partial charge >= 0.3 is 0 Å². The molecule has 0 spiro atoms. The van der Waals surface area contributed by atoms with Crippen LogP contribution in [0.2, 0.25) is 0 Å². The number of halogens is 1. The lowest BCUT2D eigenvalue weighted by Crippen LogP contribution is -2.30. The fraction of sp³-hybridized carbons (Fsp3) is 0.167. The van der Waals surface area contributed by atoms with Crippen molar-refractivity contribution in [1.82, 2.24) is 14.3 Å². The van der Waals surface area contributed by atoms with E-state index in [0.717, 1.165) is 22.9 Å². The molecule has 5 nitrogen and oxygen atoms in total. The Labute approximate surface area is 183 Å². The van der Waals surface area contributed by atoms with Gasteiger partial charge in [0.2, 0.25) is 0 Å². The van der Waals surface area contributed by atoms with Gasteiger partial charge in [0.1, 0.15) is 17.7 Å². The molecule has 7 heteroatoms. The van der Waals surface area contributed by atoms with Crippen LogP contribution in [-0.4, -0.2) is 26.3 Å². The lowest BCUT2D eigenvalue weighted by atomic mass is 10.0. The number of hydrogen-bond acceptors (Lipinski definition) is 3. The van der Waals surface area contributed by atoms with Crippen molar-refractivity contribution in [3.8, 4) is 16.8 Å². The molecule has 0 aliphatic carbocycles. The summed E-state index contributed by atoms with van der Waals surface area (Å²) < 4.78 is 30.2. The molecule has 1 atom stereocenters. The van der Waals surface area contributed by atoms with Crippen molar-refractivity contribution >= 4 is 28.3 Å². The third-order valence-electron chi connectivity index (χ3n) is 5.26. The van der Waals surface area contributed by atoms with Gasteiger partial charge in [-0.15, -0.1) is 0 Å². The highest BCUT2D eigenvalue weighted by Crippen LogP contribution is 2.33. The maximum Gasteiger partial charge on any atom is 0.295 e. The normalized spacial score (nSPS) is 12.2. The van der Waals surface area contributed by atoms with E-state index in [2.05, 4.69) is 40.9 Å². The van der Waals surface area contributed by atoms with E-state index in [0.29, 0.717) is 16.9 Å². The molecule has 4 rings (SSSR count). The van der Waals surface area contributed by atoms with Gasteiger partial charge in [0, 0.05) is 23.3 Å². The SMILES string of the molecule is CCc1ccc(-c2cn(-c3cc(F)c(C(=O)N[S+](C)[O-])cc3C)c3ncccc23)cc1. The minimum atomic E-state index is -1.57. The number of amides is 1. The molecule has 0 aliphatic rings. The van der Waals surface area contributed by atoms with E-state index in [1.54, 1.807) is 13.1 Å². The zero-order valence-electron chi connectivity index (χ0n) is 17.5. The fourth-order valence-electron chi connectivity index (χ4n) is 3.68. The van der Waals surface area contributed by atoms with Gasteiger partial charge in [0.05, 0.1) is 22.6 Å². The molecule has 2 aromatic carbocycles. The number of nitrogens with zero attached hydrogens (tertiary/aromatic N) is 2. The highest BCUT2D eigenvalue weighted by atomic mass is 32.2. The van der Waals surface area contributed by atoms with E-state index in [-0.39, 0.29) is 5.56 Å². The molecule has 0 aliphatic heterocycles. The van der Waals surface area contributed by atoms with Crippen LogP contribution in [0.5, 0.6) is 0 Å². The molecule has 0 fully saturated rings. The lowest BCUT2D eigenvalue weighted by Gasteiger charge is -2.12. The molecule has 1 unspecified atom stereocenters. The minimum absolute atomic E-state index is 0.142. The average molecular weight is 436 g/mol. The molecular weight excluding hydrogens is 413 g/mol. The Kier molecular flexibility index (Phi) is 5.80. The number of nitrogens with one attached hydrogen (secondary N) is 1. The topological polar surface area (TPSA) is 70.0 Å². The van der Waals surface area contributed by atoms with E-state index in [9.17, 15) is 13.7 Å². The molecule has 4 aromatic rings. The van der Waals surface area contributed by atoms with Gasteiger partial charge in [0.15, 0.2) is 0 Å². The second-order valence-corrected chi connectivity index (χ2v) is 8.45. The number of fused-ring (bicyclic) bond motifs is 1. The largest absolute Gasteiger partial charge is 0.593 e. The fourth-order valence-corrected chi connectivity index (χ4v) is 4.05. The van der Waals surface area contributed by atoms with Crippen molar-refractivity contribution in [3.63, 3.8) is 0 Å². The molecule has 2 heterocycles. The number of carbonyl (C=O) groups excluding carboxylic acids is 1. The zero-order chi connectivity index (χ0) is 22.1. The van der Waals surface area contributed by atoms with E-state index in [4.69, 9.17) is 0 Å². The number of pyridine rings is 1. The number of carbonyl (C=O) groups is 1. The van der Waals surface area contributed by atoms with E-state index in [1.807, 2.05) is 22.9 Å². The second-order valence-electron chi connectivity index (χ2n) is 7.34. The van der Waals surface area contributed by atoms with Gasteiger partial charge in [-0.3, -0.25) is 4.79 Å². The molecule has 0 radical (unpaired) electrons. The van der Waals surface area contributed by atoms with Crippen LogP contribution >= 0.6 is 0 Å². The predicted octanol–water partition coefficient (Wildman–Crippen LogP) is 4.73. The van der Waals surface area contributed by atoms with Crippen molar-refractivity contribution in [2.75, 3.05) is 6.26 Å². The van der Waals surface area contributed by atoms with Crippen LogP contribution in [0.25, 0.3) is 27.8 Å². The average Bonchev–Trinajstić information content (AvgIpc) is 3.14. The Morgan fingerprint density at radius 3 is 2.65 bits per heavy atom. The number of hydrogen-bond donors (Lipinski definition) is 1. The molecular formula is C24H22FN3O2S. The molecule has 0 saturated carbocycles. The summed E-state index contributed by atoms with van der Waals surface area (Å²) in [6, 6.07) is 15.0. The van der Waals surface area contributed by atoms with Crippen molar-refractivity contribution in [1.29, 1.82) is 0 Å².